The number of phenolic OH excluding ortho intramolecular Hbond substituents is 1. The van der Waals surface area contributed by atoms with Crippen molar-refractivity contribution in [2.75, 3.05) is 7.05 Å². The Morgan fingerprint density at radius 3 is 2.50 bits per heavy atom. The van der Waals surface area contributed by atoms with Crippen LogP contribution < -0.4 is 0 Å². The fraction of sp³-hybridized carbons (Fsp3) is 0.143. The molecule has 0 spiro atoms. The van der Waals surface area contributed by atoms with Gasteiger partial charge in [-0.05, 0) is 24.3 Å². The van der Waals surface area contributed by atoms with Gasteiger partial charge in [0.25, 0.3) is 0 Å². The smallest absolute Gasteiger partial charge is 0.243 e. The van der Waals surface area contributed by atoms with E-state index in [0.29, 0.717) is 5.56 Å². The molecule has 0 aromatic heterocycles. The Labute approximate surface area is 117 Å². The first-order valence-electron chi connectivity index (χ1n) is 5.90. The Morgan fingerprint density at radius 2 is 1.85 bits per heavy atom. The van der Waals surface area contributed by atoms with Crippen LogP contribution in [0.25, 0.3) is 0 Å². The molecule has 1 N–H and O–H groups in total. The summed E-state index contributed by atoms with van der Waals surface area (Å²) in [6.45, 7) is -0.0787. The molecule has 2 rings (SSSR count). The molecule has 0 bridgehead atoms. The summed E-state index contributed by atoms with van der Waals surface area (Å²) >= 11 is 0. The predicted molar refractivity (Wildman–Crippen MR) is 73.2 cm³/mol. The minimum Gasteiger partial charge on any atom is -0.508 e. The second kappa shape index (κ2) is 5.60. The van der Waals surface area contributed by atoms with Crippen LogP contribution in [0.2, 0.25) is 0 Å². The second-order valence-electron chi connectivity index (χ2n) is 4.35. The largest absolute Gasteiger partial charge is 0.508 e. The zero-order valence-electron chi connectivity index (χ0n) is 10.8. The van der Waals surface area contributed by atoms with Gasteiger partial charge in [-0.3, -0.25) is 0 Å². The van der Waals surface area contributed by atoms with Gasteiger partial charge in [-0.1, -0.05) is 24.3 Å². The third kappa shape index (κ3) is 2.97. The quantitative estimate of drug-likeness (QED) is 0.942. The third-order valence-corrected chi connectivity index (χ3v) is 4.68. The number of hydrogen-bond donors (Lipinski definition) is 1. The minimum absolute atomic E-state index is 0.0312. The number of hydrogen-bond acceptors (Lipinski definition) is 3. The number of sulfonamides is 1. The molecular formula is C14H14FNO3S. The van der Waals surface area contributed by atoms with Gasteiger partial charge in [-0.2, -0.15) is 4.31 Å². The van der Waals surface area contributed by atoms with Crippen LogP contribution in [0, 0.1) is 5.82 Å². The molecule has 0 aliphatic carbocycles. The first-order chi connectivity index (χ1) is 9.41. The molecule has 0 aliphatic rings. The van der Waals surface area contributed by atoms with Crippen molar-refractivity contribution < 1.29 is 17.9 Å². The standard InChI is InChI=1S/C14H14FNO3S/c1-16(10-11-5-2-3-8-14(11)15)20(18,19)13-7-4-6-12(17)9-13/h2-9,17H,10H2,1H3. The Balaban J connectivity index is 2.29. The average Bonchev–Trinajstić information content (AvgIpc) is 2.41. The summed E-state index contributed by atoms with van der Waals surface area (Å²) in [5, 5.41) is 9.35. The zero-order valence-corrected chi connectivity index (χ0v) is 11.6. The van der Waals surface area contributed by atoms with E-state index in [0.717, 1.165) is 10.4 Å². The summed E-state index contributed by atoms with van der Waals surface area (Å²) in [6.07, 6.45) is 0. The van der Waals surface area contributed by atoms with Crippen LogP contribution in [0.5, 0.6) is 5.75 Å². The molecule has 2 aromatic rings. The van der Waals surface area contributed by atoms with Crippen molar-refractivity contribution in [1.29, 1.82) is 0 Å². The highest BCUT2D eigenvalue weighted by molar-refractivity contribution is 7.89. The fourth-order valence-corrected chi connectivity index (χ4v) is 2.96. The molecular weight excluding hydrogens is 281 g/mol. The maximum absolute atomic E-state index is 13.5. The molecule has 0 atom stereocenters. The monoisotopic (exact) mass is 295 g/mol. The highest BCUT2D eigenvalue weighted by atomic mass is 32.2. The number of benzene rings is 2. The van der Waals surface area contributed by atoms with Gasteiger partial charge in [0.2, 0.25) is 10.0 Å². The molecule has 0 amide bonds. The SMILES string of the molecule is CN(Cc1ccccc1F)S(=O)(=O)c1cccc(O)c1. The summed E-state index contributed by atoms with van der Waals surface area (Å²) in [5.74, 6) is -0.587. The van der Waals surface area contributed by atoms with Gasteiger partial charge < -0.3 is 5.11 Å². The van der Waals surface area contributed by atoms with E-state index >= 15 is 0 Å². The molecule has 0 unspecified atom stereocenters. The summed E-state index contributed by atoms with van der Waals surface area (Å²) < 4.78 is 39.2. The van der Waals surface area contributed by atoms with Crippen molar-refractivity contribution in [2.45, 2.75) is 11.4 Å². The van der Waals surface area contributed by atoms with Gasteiger partial charge in [-0.15, -0.1) is 0 Å². The van der Waals surface area contributed by atoms with E-state index in [2.05, 4.69) is 0 Å². The molecule has 2 aromatic carbocycles. The van der Waals surface area contributed by atoms with Crippen LogP contribution >= 0.6 is 0 Å². The maximum Gasteiger partial charge on any atom is 0.243 e. The summed E-state index contributed by atoms with van der Waals surface area (Å²) in [5.41, 5.74) is 0.290. The predicted octanol–water partition coefficient (Wildman–Crippen LogP) is 2.35. The zero-order chi connectivity index (χ0) is 14.8. The highest BCUT2D eigenvalue weighted by Crippen LogP contribution is 2.21. The molecule has 106 valence electrons. The van der Waals surface area contributed by atoms with Crippen LogP contribution in [0.3, 0.4) is 0 Å². The number of nitrogens with zero attached hydrogens (tertiary/aromatic N) is 1. The Bertz CT molecular complexity index is 716. The van der Waals surface area contributed by atoms with E-state index in [9.17, 15) is 17.9 Å². The summed E-state index contributed by atoms with van der Waals surface area (Å²) in [6, 6.07) is 11.4. The normalized spacial score (nSPS) is 11.8. The Morgan fingerprint density at radius 1 is 1.15 bits per heavy atom. The molecule has 0 saturated carbocycles. The number of halogens is 1. The highest BCUT2D eigenvalue weighted by Gasteiger charge is 2.22. The third-order valence-electron chi connectivity index (χ3n) is 2.88. The maximum atomic E-state index is 13.5. The lowest BCUT2D eigenvalue weighted by Gasteiger charge is -2.17. The van der Waals surface area contributed by atoms with Crippen molar-refractivity contribution >= 4 is 10.0 Å². The van der Waals surface area contributed by atoms with E-state index in [-0.39, 0.29) is 17.2 Å². The lowest BCUT2D eigenvalue weighted by atomic mass is 10.2. The topological polar surface area (TPSA) is 57.6 Å². The molecule has 6 heteroatoms. The van der Waals surface area contributed by atoms with Crippen LogP contribution in [-0.4, -0.2) is 24.9 Å². The second-order valence-corrected chi connectivity index (χ2v) is 6.39. The Kier molecular flexibility index (Phi) is 4.06. The molecule has 0 saturated heterocycles. The van der Waals surface area contributed by atoms with Crippen molar-refractivity contribution in [3.05, 3.63) is 59.9 Å². The molecule has 0 heterocycles. The van der Waals surface area contributed by atoms with Gasteiger partial charge in [0, 0.05) is 19.2 Å². The van der Waals surface area contributed by atoms with Crippen LogP contribution in [-0.2, 0) is 16.6 Å². The van der Waals surface area contributed by atoms with Gasteiger partial charge in [-0.25, -0.2) is 12.8 Å². The summed E-state index contributed by atoms with van der Waals surface area (Å²) in [7, 11) is -2.40. The van der Waals surface area contributed by atoms with E-state index in [1.807, 2.05) is 0 Å². The lowest BCUT2D eigenvalue weighted by Crippen LogP contribution is -2.26. The molecule has 20 heavy (non-hydrogen) atoms. The summed E-state index contributed by atoms with van der Waals surface area (Å²) in [4.78, 5) is -0.0312. The van der Waals surface area contributed by atoms with E-state index in [1.54, 1.807) is 12.1 Å². The van der Waals surface area contributed by atoms with Crippen LogP contribution in [0.15, 0.2) is 53.4 Å². The van der Waals surface area contributed by atoms with E-state index in [4.69, 9.17) is 0 Å². The van der Waals surface area contributed by atoms with Gasteiger partial charge in [0.1, 0.15) is 11.6 Å². The minimum atomic E-state index is -3.77. The molecule has 0 radical (unpaired) electrons. The van der Waals surface area contributed by atoms with Crippen LogP contribution in [0.1, 0.15) is 5.56 Å². The average molecular weight is 295 g/mol. The van der Waals surface area contributed by atoms with Crippen molar-refractivity contribution in [3.63, 3.8) is 0 Å². The van der Waals surface area contributed by atoms with E-state index in [1.165, 1.54) is 37.4 Å². The number of rotatable bonds is 4. The lowest BCUT2D eigenvalue weighted by molar-refractivity contribution is 0.452. The first-order valence-corrected chi connectivity index (χ1v) is 7.34. The number of phenols is 1. The molecule has 4 nitrogen and oxygen atoms in total. The first kappa shape index (κ1) is 14.5. The van der Waals surface area contributed by atoms with Gasteiger partial charge >= 0.3 is 0 Å². The van der Waals surface area contributed by atoms with Crippen molar-refractivity contribution in [1.82, 2.24) is 4.31 Å². The van der Waals surface area contributed by atoms with Gasteiger partial charge in [0.05, 0.1) is 4.90 Å². The van der Waals surface area contributed by atoms with Crippen LogP contribution in [0.4, 0.5) is 4.39 Å². The Hall–Kier alpha value is -1.92. The number of aromatic hydroxyl groups is 1. The molecule has 0 fully saturated rings. The molecule has 0 aliphatic heterocycles. The van der Waals surface area contributed by atoms with Gasteiger partial charge in [0.15, 0.2) is 0 Å². The fourth-order valence-electron chi connectivity index (χ4n) is 1.78. The van der Waals surface area contributed by atoms with Crippen molar-refractivity contribution in [2.24, 2.45) is 0 Å². The van der Waals surface area contributed by atoms with E-state index < -0.39 is 15.8 Å². The van der Waals surface area contributed by atoms with Crippen molar-refractivity contribution in [3.8, 4) is 5.75 Å².